The van der Waals surface area contributed by atoms with E-state index in [9.17, 15) is 9.18 Å². The largest absolute Gasteiger partial charge is 0.495 e. The first kappa shape index (κ1) is 12.8. The molecule has 0 amide bonds. The van der Waals surface area contributed by atoms with Crippen molar-refractivity contribution in [2.24, 2.45) is 0 Å². The van der Waals surface area contributed by atoms with Crippen molar-refractivity contribution in [2.75, 3.05) is 12.4 Å². The summed E-state index contributed by atoms with van der Waals surface area (Å²) in [5.41, 5.74) is 0.303. The van der Waals surface area contributed by atoms with E-state index in [1.165, 1.54) is 43.6 Å². The fourth-order valence-electron chi connectivity index (χ4n) is 1.58. The number of benzene rings is 1. The number of nitrogens with one attached hydrogen (secondary N) is 1. The van der Waals surface area contributed by atoms with Crippen LogP contribution in [0.15, 0.2) is 36.5 Å². The maximum atomic E-state index is 13.2. The van der Waals surface area contributed by atoms with Crippen LogP contribution < -0.4 is 10.1 Å². The van der Waals surface area contributed by atoms with Crippen molar-refractivity contribution in [3.8, 4) is 5.75 Å². The zero-order chi connectivity index (χ0) is 13.8. The van der Waals surface area contributed by atoms with Crippen LogP contribution in [0.3, 0.4) is 0 Å². The van der Waals surface area contributed by atoms with Crippen molar-refractivity contribution >= 4 is 17.5 Å². The van der Waals surface area contributed by atoms with Crippen LogP contribution in [-0.2, 0) is 0 Å². The minimum atomic E-state index is -1.12. The monoisotopic (exact) mass is 262 g/mol. The molecule has 0 atom stereocenters. The maximum absolute atomic E-state index is 13.2. The molecule has 19 heavy (non-hydrogen) atoms. The maximum Gasteiger partial charge on any atom is 0.339 e. The Morgan fingerprint density at radius 1 is 1.42 bits per heavy atom. The summed E-state index contributed by atoms with van der Waals surface area (Å²) in [4.78, 5) is 15.0. The summed E-state index contributed by atoms with van der Waals surface area (Å²) in [7, 11) is 1.44. The van der Waals surface area contributed by atoms with Gasteiger partial charge >= 0.3 is 5.97 Å². The summed E-state index contributed by atoms with van der Waals surface area (Å²) in [6.45, 7) is 0. The quantitative estimate of drug-likeness (QED) is 0.886. The van der Waals surface area contributed by atoms with Crippen LogP contribution in [0.5, 0.6) is 5.75 Å². The summed E-state index contributed by atoms with van der Waals surface area (Å²) in [6, 6.07) is 6.82. The van der Waals surface area contributed by atoms with Gasteiger partial charge in [-0.15, -0.1) is 0 Å². The van der Waals surface area contributed by atoms with Crippen LogP contribution in [0.25, 0.3) is 0 Å². The highest BCUT2D eigenvalue weighted by atomic mass is 19.1. The number of pyridine rings is 1. The predicted octanol–water partition coefficient (Wildman–Crippen LogP) is 2.67. The van der Waals surface area contributed by atoms with Crippen LogP contribution in [0.1, 0.15) is 10.4 Å². The number of ether oxygens (including phenoxy) is 1. The normalized spacial score (nSPS) is 10.0. The molecule has 0 saturated carbocycles. The molecule has 5 nitrogen and oxygen atoms in total. The molecule has 0 aliphatic carbocycles. The first-order valence-electron chi connectivity index (χ1n) is 5.40. The van der Waals surface area contributed by atoms with Gasteiger partial charge in [0.15, 0.2) is 0 Å². The highest BCUT2D eigenvalue weighted by Crippen LogP contribution is 2.28. The number of aromatic nitrogens is 1. The summed E-state index contributed by atoms with van der Waals surface area (Å²) < 4.78 is 18.3. The Balaban J connectivity index is 2.41. The van der Waals surface area contributed by atoms with Crippen LogP contribution in [-0.4, -0.2) is 23.2 Å². The van der Waals surface area contributed by atoms with E-state index in [0.29, 0.717) is 11.4 Å². The zero-order valence-electron chi connectivity index (χ0n) is 10.1. The Labute approximate surface area is 108 Å². The van der Waals surface area contributed by atoms with Gasteiger partial charge in [-0.05, 0) is 24.3 Å². The molecule has 1 aromatic carbocycles. The van der Waals surface area contributed by atoms with Crippen LogP contribution in [0.4, 0.5) is 15.9 Å². The number of hydrogen-bond acceptors (Lipinski definition) is 4. The van der Waals surface area contributed by atoms with E-state index in [4.69, 9.17) is 9.84 Å². The second kappa shape index (κ2) is 5.34. The molecule has 0 saturated heterocycles. The van der Waals surface area contributed by atoms with Gasteiger partial charge in [0.05, 0.1) is 12.8 Å². The van der Waals surface area contributed by atoms with Crippen molar-refractivity contribution in [3.63, 3.8) is 0 Å². The van der Waals surface area contributed by atoms with E-state index in [-0.39, 0.29) is 11.4 Å². The van der Waals surface area contributed by atoms with Crippen LogP contribution in [0.2, 0.25) is 0 Å². The molecule has 2 N–H and O–H groups in total. The number of anilines is 2. The Morgan fingerprint density at radius 2 is 2.21 bits per heavy atom. The number of carboxylic acid groups (broad SMARTS) is 1. The second-order valence-corrected chi connectivity index (χ2v) is 3.67. The van der Waals surface area contributed by atoms with Gasteiger partial charge in [-0.3, -0.25) is 0 Å². The number of rotatable bonds is 4. The molecule has 0 unspecified atom stereocenters. The number of carboxylic acids is 1. The van der Waals surface area contributed by atoms with Crippen molar-refractivity contribution < 1.29 is 19.0 Å². The molecular weight excluding hydrogens is 251 g/mol. The van der Waals surface area contributed by atoms with Gasteiger partial charge < -0.3 is 15.2 Å². The summed E-state index contributed by atoms with van der Waals surface area (Å²) in [5.74, 6) is -1.07. The van der Waals surface area contributed by atoms with E-state index in [2.05, 4.69) is 10.3 Å². The van der Waals surface area contributed by atoms with Gasteiger partial charge in [0.25, 0.3) is 0 Å². The van der Waals surface area contributed by atoms with Crippen LogP contribution >= 0.6 is 0 Å². The number of nitrogens with zero attached hydrogens (tertiary/aromatic N) is 1. The molecule has 0 aliphatic rings. The molecule has 2 rings (SSSR count). The minimum Gasteiger partial charge on any atom is -0.495 e. The van der Waals surface area contributed by atoms with Crippen molar-refractivity contribution in [2.45, 2.75) is 0 Å². The molecule has 0 spiro atoms. The lowest BCUT2D eigenvalue weighted by Crippen LogP contribution is -2.05. The Hall–Kier alpha value is -2.63. The van der Waals surface area contributed by atoms with Gasteiger partial charge in [0.2, 0.25) is 0 Å². The molecule has 98 valence electrons. The van der Waals surface area contributed by atoms with E-state index in [1.54, 1.807) is 0 Å². The first-order valence-corrected chi connectivity index (χ1v) is 5.40. The molecule has 0 fully saturated rings. The predicted molar refractivity (Wildman–Crippen MR) is 67.4 cm³/mol. The lowest BCUT2D eigenvalue weighted by molar-refractivity contribution is 0.0697. The van der Waals surface area contributed by atoms with Crippen molar-refractivity contribution in [1.29, 1.82) is 0 Å². The zero-order valence-corrected chi connectivity index (χ0v) is 10.1. The summed E-state index contributed by atoms with van der Waals surface area (Å²) in [6.07, 6.45) is 1.44. The summed E-state index contributed by atoms with van der Waals surface area (Å²) in [5, 5.41) is 11.8. The minimum absolute atomic E-state index is 0.00573. The van der Waals surface area contributed by atoms with Crippen molar-refractivity contribution in [3.05, 3.63) is 47.9 Å². The third-order valence-electron chi connectivity index (χ3n) is 2.45. The summed E-state index contributed by atoms with van der Waals surface area (Å²) >= 11 is 0. The fraction of sp³-hybridized carbons (Fsp3) is 0.0769. The molecule has 2 aromatic rings. The van der Waals surface area contributed by atoms with Gasteiger partial charge in [-0.2, -0.15) is 0 Å². The number of aromatic carboxylic acids is 1. The molecule has 6 heteroatoms. The fourth-order valence-corrected chi connectivity index (χ4v) is 1.58. The van der Waals surface area contributed by atoms with Crippen molar-refractivity contribution in [1.82, 2.24) is 4.98 Å². The number of hydrogen-bond donors (Lipinski definition) is 2. The van der Waals surface area contributed by atoms with Gasteiger partial charge in [0.1, 0.15) is 22.9 Å². The molecule has 1 aromatic heterocycles. The number of methoxy groups -OCH3 is 1. The van der Waals surface area contributed by atoms with E-state index in [1.807, 2.05) is 0 Å². The SMILES string of the molecule is COc1ccc(F)cc1Nc1ncccc1C(=O)O. The van der Waals surface area contributed by atoms with E-state index < -0.39 is 11.8 Å². The van der Waals surface area contributed by atoms with Gasteiger partial charge in [-0.25, -0.2) is 14.2 Å². The van der Waals surface area contributed by atoms with E-state index >= 15 is 0 Å². The number of halogens is 1. The lowest BCUT2D eigenvalue weighted by Gasteiger charge is -2.12. The van der Waals surface area contributed by atoms with Gasteiger partial charge in [0, 0.05) is 12.3 Å². The van der Waals surface area contributed by atoms with E-state index in [0.717, 1.165) is 0 Å². The molecular formula is C13H11FN2O3. The average Bonchev–Trinajstić information content (AvgIpc) is 2.39. The molecule has 0 aliphatic heterocycles. The number of carbonyl (C=O) groups is 1. The first-order chi connectivity index (χ1) is 9.11. The third-order valence-corrected chi connectivity index (χ3v) is 2.45. The highest BCUT2D eigenvalue weighted by Gasteiger charge is 2.13. The third kappa shape index (κ3) is 2.79. The molecule has 0 bridgehead atoms. The smallest absolute Gasteiger partial charge is 0.339 e. The standard InChI is InChI=1S/C13H11FN2O3/c1-19-11-5-4-8(14)7-10(11)16-12-9(13(17)18)3-2-6-15-12/h2-7H,1H3,(H,15,16)(H,17,18). The topological polar surface area (TPSA) is 71.5 Å². The lowest BCUT2D eigenvalue weighted by atomic mass is 10.2. The Kier molecular flexibility index (Phi) is 3.61. The highest BCUT2D eigenvalue weighted by molar-refractivity contribution is 5.94. The molecule has 0 radical (unpaired) electrons. The Morgan fingerprint density at radius 3 is 2.89 bits per heavy atom. The van der Waals surface area contributed by atoms with Crippen LogP contribution in [0, 0.1) is 5.82 Å². The Bertz CT molecular complexity index is 617. The second-order valence-electron chi connectivity index (χ2n) is 3.67. The average molecular weight is 262 g/mol. The van der Waals surface area contributed by atoms with Gasteiger partial charge in [-0.1, -0.05) is 0 Å². The molecule has 1 heterocycles.